The van der Waals surface area contributed by atoms with E-state index in [9.17, 15) is 4.79 Å². The number of nitrogens with one attached hydrogen (secondary N) is 2. The van der Waals surface area contributed by atoms with Crippen molar-refractivity contribution in [3.63, 3.8) is 0 Å². The Morgan fingerprint density at radius 1 is 1.24 bits per heavy atom. The van der Waals surface area contributed by atoms with E-state index in [2.05, 4.69) is 44.7 Å². The molecule has 130 valence electrons. The number of hydrogen-bond donors (Lipinski definition) is 2. The lowest BCUT2D eigenvalue weighted by Crippen LogP contribution is -2.25. The van der Waals surface area contributed by atoms with Crippen molar-refractivity contribution in [3.8, 4) is 10.6 Å². The largest absolute Gasteiger partial charge is 0.378 e. The van der Waals surface area contributed by atoms with Crippen LogP contribution in [0.3, 0.4) is 0 Å². The van der Waals surface area contributed by atoms with Crippen LogP contribution in [0, 0.1) is 0 Å². The third kappa shape index (κ3) is 4.48. The molecular formula is C19H22N4OS. The average molecular weight is 354 g/mol. The van der Waals surface area contributed by atoms with Gasteiger partial charge in [0.1, 0.15) is 0 Å². The van der Waals surface area contributed by atoms with E-state index in [0.717, 1.165) is 23.4 Å². The molecule has 0 radical (unpaired) electrons. The van der Waals surface area contributed by atoms with Crippen LogP contribution < -0.4 is 10.2 Å². The number of aromatic nitrogens is 2. The Morgan fingerprint density at radius 3 is 2.72 bits per heavy atom. The fourth-order valence-electron chi connectivity index (χ4n) is 2.54. The van der Waals surface area contributed by atoms with Gasteiger partial charge >= 0.3 is 0 Å². The summed E-state index contributed by atoms with van der Waals surface area (Å²) in [6.45, 7) is 0.634. The number of hydrogen-bond acceptors (Lipinski definition) is 4. The van der Waals surface area contributed by atoms with Crippen molar-refractivity contribution < 1.29 is 4.79 Å². The third-order valence-electron chi connectivity index (χ3n) is 3.98. The van der Waals surface area contributed by atoms with Gasteiger partial charge in [0, 0.05) is 26.3 Å². The second-order valence-corrected chi connectivity index (χ2v) is 7.01. The highest BCUT2D eigenvalue weighted by molar-refractivity contribution is 7.13. The van der Waals surface area contributed by atoms with Gasteiger partial charge in [-0.2, -0.15) is 5.10 Å². The molecule has 25 heavy (non-hydrogen) atoms. The van der Waals surface area contributed by atoms with E-state index in [1.807, 2.05) is 31.6 Å². The maximum atomic E-state index is 12.2. The van der Waals surface area contributed by atoms with Gasteiger partial charge in [-0.25, -0.2) is 0 Å². The normalized spacial score (nSPS) is 10.6. The molecule has 0 unspecified atom stereocenters. The first-order valence-corrected chi connectivity index (χ1v) is 9.15. The number of amides is 1. The van der Waals surface area contributed by atoms with Crippen LogP contribution in [0.15, 0.2) is 47.8 Å². The number of anilines is 1. The topological polar surface area (TPSA) is 61.0 Å². The predicted molar refractivity (Wildman–Crippen MR) is 103 cm³/mol. The molecular weight excluding hydrogens is 332 g/mol. The van der Waals surface area contributed by atoms with Gasteiger partial charge in [0.05, 0.1) is 10.6 Å². The molecule has 0 saturated heterocycles. The van der Waals surface area contributed by atoms with Gasteiger partial charge in [-0.05, 0) is 48.1 Å². The smallest absolute Gasteiger partial charge is 0.271 e. The molecule has 0 bridgehead atoms. The number of H-pyrrole nitrogens is 1. The summed E-state index contributed by atoms with van der Waals surface area (Å²) in [5.74, 6) is -0.137. The number of carbonyl (C=O) groups is 1. The molecule has 2 aromatic heterocycles. The molecule has 6 heteroatoms. The second kappa shape index (κ2) is 7.98. The van der Waals surface area contributed by atoms with E-state index in [1.54, 1.807) is 17.4 Å². The minimum atomic E-state index is -0.137. The van der Waals surface area contributed by atoms with Gasteiger partial charge in [-0.3, -0.25) is 9.89 Å². The number of carbonyl (C=O) groups excluding carboxylic acids is 1. The lowest BCUT2D eigenvalue weighted by molar-refractivity contribution is 0.0948. The summed E-state index contributed by atoms with van der Waals surface area (Å²) in [6, 6.07) is 14.3. The van der Waals surface area contributed by atoms with Crippen LogP contribution >= 0.6 is 11.3 Å². The van der Waals surface area contributed by atoms with Gasteiger partial charge in [-0.15, -0.1) is 11.3 Å². The van der Waals surface area contributed by atoms with Crippen molar-refractivity contribution >= 4 is 22.9 Å². The van der Waals surface area contributed by atoms with Crippen LogP contribution in [0.5, 0.6) is 0 Å². The molecule has 3 rings (SSSR count). The zero-order chi connectivity index (χ0) is 17.6. The number of thiophene rings is 1. The van der Waals surface area contributed by atoms with Crippen molar-refractivity contribution in [2.75, 3.05) is 25.5 Å². The molecule has 0 aliphatic heterocycles. The van der Waals surface area contributed by atoms with Crippen LogP contribution in [-0.4, -0.2) is 36.7 Å². The summed E-state index contributed by atoms with van der Waals surface area (Å²) >= 11 is 1.62. The van der Waals surface area contributed by atoms with Gasteiger partial charge in [0.15, 0.2) is 5.69 Å². The molecule has 0 fully saturated rings. The highest BCUT2D eigenvalue weighted by Gasteiger charge is 2.11. The number of rotatable bonds is 7. The SMILES string of the molecule is CN(C)c1ccc(CCCNC(=O)c2cc(-c3cccs3)[nH]n2)cc1. The first kappa shape index (κ1) is 17.2. The Morgan fingerprint density at radius 2 is 2.04 bits per heavy atom. The average Bonchev–Trinajstić information content (AvgIpc) is 3.29. The summed E-state index contributed by atoms with van der Waals surface area (Å²) in [6.07, 6.45) is 1.84. The Labute approximate surface area is 151 Å². The minimum absolute atomic E-state index is 0.137. The summed E-state index contributed by atoms with van der Waals surface area (Å²) < 4.78 is 0. The van der Waals surface area contributed by atoms with Gasteiger partial charge in [-0.1, -0.05) is 18.2 Å². The van der Waals surface area contributed by atoms with Crippen LogP contribution in [0.2, 0.25) is 0 Å². The molecule has 0 spiro atoms. The lowest BCUT2D eigenvalue weighted by atomic mass is 10.1. The first-order chi connectivity index (χ1) is 12.1. The highest BCUT2D eigenvalue weighted by Crippen LogP contribution is 2.22. The van der Waals surface area contributed by atoms with E-state index in [0.29, 0.717) is 12.2 Å². The van der Waals surface area contributed by atoms with Gasteiger partial charge in [0.2, 0.25) is 0 Å². The van der Waals surface area contributed by atoms with Crippen LogP contribution in [0.25, 0.3) is 10.6 Å². The standard InChI is InChI=1S/C19H22N4OS/c1-23(2)15-9-7-14(8-10-15)5-3-11-20-19(24)17-13-16(21-22-17)18-6-4-12-25-18/h4,6-10,12-13H,3,5,11H2,1-2H3,(H,20,24)(H,21,22). The molecule has 1 amide bonds. The van der Waals surface area contributed by atoms with Gasteiger partial charge < -0.3 is 10.2 Å². The Kier molecular flexibility index (Phi) is 5.50. The number of aromatic amines is 1. The zero-order valence-corrected chi connectivity index (χ0v) is 15.3. The maximum Gasteiger partial charge on any atom is 0.271 e. The van der Waals surface area contributed by atoms with Crippen LogP contribution in [-0.2, 0) is 6.42 Å². The summed E-state index contributed by atoms with van der Waals surface area (Å²) in [5, 5.41) is 11.9. The van der Waals surface area contributed by atoms with Crippen molar-refractivity contribution in [1.82, 2.24) is 15.5 Å². The molecule has 2 heterocycles. The summed E-state index contributed by atoms with van der Waals surface area (Å²) in [7, 11) is 4.06. The van der Waals surface area contributed by atoms with E-state index in [1.165, 1.54) is 11.3 Å². The zero-order valence-electron chi connectivity index (χ0n) is 14.5. The molecule has 3 aromatic rings. The second-order valence-electron chi connectivity index (χ2n) is 6.06. The molecule has 1 aromatic carbocycles. The quantitative estimate of drug-likeness (QED) is 0.638. The van der Waals surface area contributed by atoms with E-state index < -0.39 is 0 Å². The number of aryl methyl sites for hydroxylation is 1. The van der Waals surface area contributed by atoms with E-state index in [-0.39, 0.29) is 5.91 Å². The highest BCUT2D eigenvalue weighted by atomic mass is 32.1. The van der Waals surface area contributed by atoms with Gasteiger partial charge in [0.25, 0.3) is 5.91 Å². The van der Waals surface area contributed by atoms with Crippen molar-refractivity contribution in [2.45, 2.75) is 12.8 Å². The van der Waals surface area contributed by atoms with Crippen molar-refractivity contribution in [2.24, 2.45) is 0 Å². The molecule has 0 aliphatic rings. The Balaban J connectivity index is 1.45. The summed E-state index contributed by atoms with van der Waals surface area (Å²) in [4.78, 5) is 15.3. The molecule has 0 aliphatic carbocycles. The fraction of sp³-hybridized carbons (Fsp3) is 0.263. The number of nitrogens with zero attached hydrogens (tertiary/aromatic N) is 2. The molecule has 2 N–H and O–H groups in total. The van der Waals surface area contributed by atoms with Crippen molar-refractivity contribution in [3.05, 3.63) is 59.1 Å². The molecule has 0 atom stereocenters. The monoisotopic (exact) mass is 354 g/mol. The predicted octanol–water partition coefficient (Wildman–Crippen LogP) is 3.57. The van der Waals surface area contributed by atoms with E-state index in [4.69, 9.17) is 0 Å². The Bertz CT molecular complexity index is 806. The van der Waals surface area contributed by atoms with E-state index >= 15 is 0 Å². The molecule has 5 nitrogen and oxygen atoms in total. The summed E-state index contributed by atoms with van der Waals surface area (Å²) in [5.41, 5.74) is 3.77. The third-order valence-corrected chi connectivity index (χ3v) is 4.88. The lowest BCUT2D eigenvalue weighted by Gasteiger charge is -2.12. The minimum Gasteiger partial charge on any atom is -0.378 e. The fourth-order valence-corrected chi connectivity index (χ4v) is 3.23. The van der Waals surface area contributed by atoms with Crippen LogP contribution in [0.1, 0.15) is 22.5 Å². The van der Waals surface area contributed by atoms with Crippen molar-refractivity contribution in [1.29, 1.82) is 0 Å². The number of benzene rings is 1. The first-order valence-electron chi connectivity index (χ1n) is 8.27. The maximum absolute atomic E-state index is 12.2. The Hall–Kier alpha value is -2.60. The van der Waals surface area contributed by atoms with Crippen LogP contribution in [0.4, 0.5) is 5.69 Å². The molecule has 0 saturated carbocycles.